The number of pyridine rings is 1. The third-order valence-corrected chi connectivity index (χ3v) is 6.31. The van der Waals surface area contributed by atoms with Gasteiger partial charge in [0, 0.05) is 23.4 Å². The highest BCUT2D eigenvalue weighted by Crippen LogP contribution is 2.60. The fourth-order valence-electron chi connectivity index (χ4n) is 5.67. The van der Waals surface area contributed by atoms with Crippen molar-refractivity contribution in [3.8, 4) is 11.5 Å². The van der Waals surface area contributed by atoms with E-state index in [2.05, 4.69) is 20.5 Å². The van der Waals surface area contributed by atoms with Crippen molar-refractivity contribution in [2.45, 2.75) is 45.1 Å². The zero-order valence-electron chi connectivity index (χ0n) is 14.1. The van der Waals surface area contributed by atoms with E-state index >= 15 is 0 Å². The average molecular weight is 338 g/mol. The summed E-state index contributed by atoms with van der Waals surface area (Å²) in [5, 5.41) is 11.2. The normalized spacial score (nSPS) is 32.7. The van der Waals surface area contributed by atoms with E-state index in [9.17, 15) is 4.79 Å². The highest BCUT2D eigenvalue weighted by molar-refractivity contribution is 5.83. The molecule has 130 valence electrons. The second-order valence-corrected chi connectivity index (χ2v) is 8.12. The van der Waals surface area contributed by atoms with Crippen molar-refractivity contribution in [1.82, 2.24) is 20.5 Å². The second kappa shape index (κ2) is 5.64. The van der Waals surface area contributed by atoms with Crippen LogP contribution in [0, 0.1) is 23.2 Å². The lowest BCUT2D eigenvalue weighted by Crippen LogP contribution is -2.53. The first kappa shape index (κ1) is 15.0. The van der Waals surface area contributed by atoms with Crippen LogP contribution in [0.1, 0.15) is 44.4 Å². The molecule has 0 aliphatic heterocycles. The van der Waals surface area contributed by atoms with E-state index in [1.807, 2.05) is 12.1 Å². The lowest BCUT2D eigenvalue weighted by atomic mass is 9.49. The summed E-state index contributed by atoms with van der Waals surface area (Å²) in [5.74, 6) is 3.39. The van der Waals surface area contributed by atoms with Crippen LogP contribution in [0.2, 0.25) is 0 Å². The molecule has 4 bridgehead atoms. The summed E-state index contributed by atoms with van der Waals surface area (Å²) in [6.45, 7) is 0.304. The minimum Gasteiger partial charge on any atom is -0.419 e. The van der Waals surface area contributed by atoms with E-state index in [0.717, 1.165) is 42.6 Å². The van der Waals surface area contributed by atoms with Gasteiger partial charge in [-0.1, -0.05) is 0 Å². The molecule has 1 amide bonds. The number of amides is 1. The van der Waals surface area contributed by atoms with Gasteiger partial charge in [-0.3, -0.25) is 9.78 Å². The molecule has 4 aliphatic rings. The van der Waals surface area contributed by atoms with Crippen LogP contribution in [-0.2, 0) is 11.3 Å². The lowest BCUT2D eigenvalue weighted by Gasteiger charge is -2.55. The van der Waals surface area contributed by atoms with Gasteiger partial charge in [-0.05, 0) is 68.4 Å². The Bertz CT molecular complexity index is 750. The largest absolute Gasteiger partial charge is 0.419 e. The van der Waals surface area contributed by atoms with Crippen LogP contribution in [-0.4, -0.2) is 21.1 Å². The van der Waals surface area contributed by atoms with Crippen LogP contribution >= 0.6 is 0 Å². The Morgan fingerprint density at radius 1 is 1.08 bits per heavy atom. The molecular formula is C19H22N4O2. The topological polar surface area (TPSA) is 80.9 Å². The Hall–Kier alpha value is -2.24. The summed E-state index contributed by atoms with van der Waals surface area (Å²) in [6.07, 6.45) is 10.6. The molecule has 4 aliphatic carbocycles. The summed E-state index contributed by atoms with van der Waals surface area (Å²) in [5.41, 5.74) is 0.698. The number of carbonyl (C=O) groups is 1. The van der Waals surface area contributed by atoms with Gasteiger partial charge in [0.25, 0.3) is 0 Å². The molecule has 6 rings (SSSR count). The number of carbonyl (C=O) groups excluding carboxylic acids is 1. The van der Waals surface area contributed by atoms with Gasteiger partial charge in [0.05, 0.1) is 6.54 Å². The maximum absolute atomic E-state index is 12.9. The SMILES string of the molecule is O=C(NCc1nnc(-c2ccncc2)o1)C12CC3CC(CC(C3)C1)C2. The maximum Gasteiger partial charge on any atom is 0.247 e. The molecular weight excluding hydrogens is 316 g/mol. The summed E-state index contributed by atoms with van der Waals surface area (Å²) in [7, 11) is 0. The second-order valence-electron chi connectivity index (χ2n) is 8.12. The molecule has 1 N–H and O–H groups in total. The molecule has 0 unspecified atom stereocenters. The molecule has 4 saturated carbocycles. The van der Waals surface area contributed by atoms with Crippen LogP contribution in [0.15, 0.2) is 28.9 Å². The molecule has 0 atom stereocenters. The van der Waals surface area contributed by atoms with Crippen molar-refractivity contribution in [1.29, 1.82) is 0 Å². The van der Waals surface area contributed by atoms with Gasteiger partial charge < -0.3 is 9.73 Å². The molecule has 2 aromatic rings. The number of aromatic nitrogens is 3. The van der Waals surface area contributed by atoms with Gasteiger partial charge in [0.1, 0.15) is 0 Å². The summed E-state index contributed by atoms with van der Waals surface area (Å²) in [4.78, 5) is 16.9. The van der Waals surface area contributed by atoms with Crippen molar-refractivity contribution < 1.29 is 9.21 Å². The molecule has 2 heterocycles. The van der Waals surface area contributed by atoms with Gasteiger partial charge in [-0.15, -0.1) is 10.2 Å². The Morgan fingerprint density at radius 2 is 1.72 bits per heavy atom. The van der Waals surface area contributed by atoms with Crippen molar-refractivity contribution in [2.75, 3.05) is 0 Å². The highest BCUT2D eigenvalue weighted by atomic mass is 16.4. The van der Waals surface area contributed by atoms with Crippen molar-refractivity contribution in [2.24, 2.45) is 23.2 Å². The summed E-state index contributed by atoms with van der Waals surface area (Å²) >= 11 is 0. The van der Waals surface area contributed by atoms with Gasteiger partial charge in [0.2, 0.25) is 17.7 Å². The predicted octanol–water partition coefficient (Wildman–Crippen LogP) is 2.96. The molecule has 4 fully saturated rings. The number of hydrogen-bond acceptors (Lipinski definition) is 5. The molecule has 6 nitrogen and oxygen atoms in total. The van der Waals surface area contributed by atoms with Crippen LogP contribution in [0.5, 0.6) is 0 Å². The third kappa shape index (κ3) is 2.64. The molecule has 6 heteroatoms. The molecule has 0 spiro atoms. The molecule has 2 aromatic heterocycles. The Morgan fingerprint density at radius 3 is 2.36 bits per heavy atom. The number of nitrogens with zero attached hydrogens (tertiary/aromatic N) is 3. The summed E-state index contributed by atoms with van der Waals surface area (Å²) < 4.78 is 5.67. The zero-order valence-corrected chi connectivity index (χ0v) is 14.1. The number of hydrogen-bond donors (Lipinski definition) is 1. The Balaban J connectivity index is 1.26. The van der Waals surface area contributed by atoms with Crippen molar-refractivity contribution >= 4 is 5.91 Å². The minimum atomic E-state index is -0.136. The van der Waals surface area contributed by atoms with Gasteiger partial charge >= 0.3 is 0 Å². The first-order chi connectivity index (χ1) is 12.2. The lowest BCUT2D eigenvalue weighted by molar-refractivity contribution is -0.146. The van der Waals surface area contributed by atoms with E-state index in [1.54, 1.807) is 12.4 Å². The van der Waals surface area contributed by atoms with Crippen LogP contribution in [0.25, 0.3) is 11.5 Å². The minimum absolute atomic E-state index is 0.136. The summed E-state index contributed by atoms with van der Waals surface area (Å²) in [6, 6.07) is 3.65. The van der Waals surface area contributed by atoms with Crippen molar-refractivity contribution in [3.05, 3.63) is 30.4 Å². The van der Waals surface area contributed by atoms with Gasteiger partial charge in [-0.25, -0.2) is 0 Å². The Kier molecular flexibility index (Phi) is 3.40. The third-order valence-electron chi connectivity index (χ3n) is 6.31. The quantitative estimate of drug-likeness (QED) is 0.927. The number of nitrogens with one attached hydrogen (secondary N) is 1. The molecule has 0 aromatic carbocycles. The zero-order chi connectivity index (χ0) is 16.9. The smallest absolute Gasteiger partial charge is 0.247 e. The predicted molar refractivity (Wildman–Crippen MR) is 90.0 cm³/mol. The van der Waals surface area contributed by atoms with E-state index in [-0.39, 0.29) is 11.3 Å². The molecule has 0 radical (unpaired) electrons. The van der Waals surface area contributed by atoms with Gasteiger partial charge in [-0.2, -0.15) is 0 Å². The van der Waals surface area contributed by atoms with Crippen LogP contribution in [0.3, 0.4) is 0 Å². The first-order valence-corrected chi connectivity index (χ1v) is 9.21. The fourth-order valence-corrected chi connectivity index (χ4v) is 5.67. The van der Waals surface area contributed by atoms with E-state index < -0.39 is 0 Å². The Labute approximate surface area is 146 Å². The monoisotopic (exact) mass is 338 g/mol. The van der Waals surface area contributed by atoms with E-state index in [0.29, 0.717) is 18.3 Å². The highest BCUT2D eigenvalue weighted by Gasteiger charge is 2.54. The van der Waals surface area contributed by atoms with Crippen LogP contribution in [0.4, 0.5) is 0 Å². The van der Waals surface area contributed by atoms with Gasteiger partial charge in [0.15, 0.2) is 0 Å². The molecule has 25 heavy (non-hydrogen) atoms. The van der Waals surface area contributed by atoms with E-state index in [1.165, 1.54) is 19.3 Å². The maximum atomic E-state index is 12.9. The van der Waals surface area contributed by atoms with Crippen LogP contribution < -0.4 is 5.32 Å². The average Bonchev–Trinajstić information content (AvgIpc) is 3.08. The fraction of sp³-hybridized carbons (Fsp3) is 0.579. The first-order valence-electron chi connectivity index (χ1n) is 9.21. The standard InChI is InChI=1S/C19H22N4O2/c24-18(19-8-12-5-13(9-19)7-14(6-12)10-19)21-11-16-22-23-17(25-16)15-1-3-20-4-2-15/h1-4,12-14H,5-11H2,(H,21,24). The number of rotatable bonds is 4. The van der Waals surface area contributed by atoms with Crippen molar-refractivity contribution in [3.63, 3.8) is 0 Å². The molecule has 0 saturated heterocycles. The van der Waals surface area contributed by atoms with E-state index in [4.69, 9.17) is 4.42 Å².